The average Bonchev–Trinajstić information content (AvgIpc) is 3.39. The number of carbonyl (C=O) groups is 2. The van der Waals surface area contributed by atoms with Gasteiger partial charge in [0.05, 0.1) is 24.2 Å². The predicted molar refractivity (Wildman–Crippen MR) is 101 cm³/mol. The Hall–Kier alpha value is -2.12. The SMILES string of the molecule is O=C(C1=Cc2ccccc2C1)C1CCN[C@H]1C(=O)N1CSC[C@H]1C=NO. The number of rotatable bonds is 4. The quantitative estimate of drug-likeness (QED) is 0.477. The highest BCUT2D eigenvalue weighted by Crippen LogP contribution is 2.31. The Kier molecular flexibility index (Phi) is 4.82. The lowest BCUT2D eigenvalue weighted by molar-refractivity contribution is -0.136. The summed E-state index contributed by atoms with van der Waals surface area (Å²) in [7, 11) is 0. The van der Waals surface area contributed by atoms with E-state index in [9.17, 15) is 9.59 Å². The second-order valence-corrected chi connectivity index (χ2v) is 7.88. The second kappa shape index (κ2) is 7.25. The maximum absolute atomic E-state index is 13.1. The van der Waals surface area contributed by atoms with E-state index in [0.29, 0.717) is 31.0 Å². The van der Waals surface area contributed by atoms with Crippen LogP contribution in [0.4, 0.5) is 0 Å². The van der Waals surface area contributed by atoms with Gasteiger partial charge in [-0.1, -0.05) is 29.4 Å². The van der Waals surface area contributed by atoms with Crippen LogP contribution in [-0.4, -0.2) is 58.3 Å². The van der Waals surface area contributed by atoms with Gasteiger partial charge in [0, 0.05) is 23.7 Å². The minimum atomic E-state index is -0.500. The van der Waals surface area contributed by atoms with Crippen molar-refractivity contribution in [3.05, 3.63) is 41.0 Å². The number of Topliss-reactive ketones (excluding diaryl/α,β-unsaturated/α-hetero) is 1. The monoisotopic (exact) mass is 371 g/mol. The number of hydrogen-bond donors (Lipinski definition) is 2. The van der Waals surface area contributed by atoms with Crippen LogP contribution in [0, 0.1) is 5.92 Å². The van der Waals surface area contributed by atoms with Crippen LogP contribution in [0.3, 0.4) is 0 Å². The zero-order chi connectivity index (χ0) is 18.1. The molecule has 1 aromatic rings. The molecule has 136 valence electrons. The number of nitrogens with zero attached hydrogens (tertiary/aromatic N) is 2. The smallest absolute Gasteiger partial charge is 0.241 e. The van der Waals surface area contributed by atoms with Crippen LogP contribution in [0.1, 0.15) is 17.5 Å². The summed E-state index contributed by atoms with van der Waals surface area (Å²) in [6, 6.07) is 7.30. The van der Waals surface area contributed by atoms with Crippen molar-refractivity contribution in [2.75, 3.05) is 18.2 Å². The number of oxime groups is 1. The van der Waals surface area contributed by atoms with E-state index < -0.39 is 6.04 Å². The minimum absolute atomic E-state index is 0.0729. The van der Waals surface area contributed by atoms with Gasteiger partial charge < -0.3 is 15.4 Å². The molecule has 0 bridgehead atoms. The highest BCUT2D eigenvalue weighted by Gasteiger charge is 2.43. The minimum Gasteiger partial charge on any atom is -0.411 e. The summed E-state index contributed by atoms with van der Waals surface area (Å²) < 4.78 is 0. The molecule has 2 saturated heterocycles. The lowest BCUT2D eigenvalue weighted by Gasteiger charge is -2.26. The van der Waals surface area contributed by atoms with Gasteiger partial charge in [0.2, 0.25) is 5.91 Å². The molecule has 2 aliphatic heterocycles. The van der Waals surface area contributed by atoms with Crippen LogP contribution >= 0.6 is 11.8 Å². The number of benzene rings is 1. The summed E-state index contributed by atoms with van der Waals surface area (Å²) in [6.07, 6.45) is 4.67. The van der Waals surface area contributed by atoms with E-state index in [-0.39, 0.29) is 23.7 Å². The molecule has 0 spiro atoms. The molecule has 6 nitrogen and oxygen atoms in total. The first-order chi connectivity index (χ1) is 12.7. The Morgan fingerprint density at radius 3 is 3.00 bits per heavy atom. The van der Waals surface area contributed by atoms with Crippen molar-refractivity contribution in [3.8, 4) is 0 Å². The number of nitrogens with one attached hydrogen (secondary N) is 1. The van der Waals surface area contributed by atoms with Crippen molar-refractivity contribution in [3.63, 3.8) is 0 Å². The standard InChI is InChI=1S/C19H21N3O3S/c23-18(14-7-12-3-1-2-4-13(12)8-14)16-5-6-20-17(16)19(24)22-11-26-10-15(22)9-21-25/h1-4,7,9,15-17,20,25H,5-6,8,10-11H2/t15-,16?,17-/m1/s1. The molecule has 3 aliphatic rings. The van der Waals surface area contributed by atoms with E-state index in [1.807, 2.05) is 30.3 Å². The van der Waals surface area contributed by atoms with Gasteiger partial charge in [-0.25, -0.2) is 0 Å². The van der Waals surface area contributed by atoms with Gasteiger partial charge >= 0.3 is 0 Å². The van der Waals surface area contributed by atoms with Crippen LogP contribution < -0.4 is 5.32 Å². The molecule has 0 aromatic heterocycles. The summed E-state index contributed by atoms with van der Waals surface area (Å²) in [5.41, 5.74) is 3.06. The van der Waals surface area contributed by atoms with Crippen molar-refractivity contribution >= 4 is 35.7 Å². The number of allylic oxidation sites excluding steroid dienone is 1. The third kappa shape index (κ3) is 3.05. The van der Waals surface area contributed by atoms with E-state index in [1.165, 1.54) is 11.8 Å². The van der Waals surface area contributed by atoms with Gasteiger partial charge in [0.1, 0.15) is 0 Å². The fourth-order valence-electron chi connectivity index (χ4n) is 3.99. The molecule has 0 radical (unpaired) electrons. The number of carbonyl (C=O) groups excluding carboxylic acids is 2. The molecule has 4 rings (SSSR count). The van der Waals surface area contributed by atoms with Crippen LogP contribution in [0.25, 0.3) is 6.08 Å². The van der Waals surface area contributed by atoms with Crippen LogP contribution in [-0.2, 0) is 16.0 Å². The Bertz CT molecular complexity index is 792. The largest absolute Gasteiger partial charge is 0.411 e. The molecule has 1 aliphatic carbocycles. The summed E-state index contributed by atoms with van der Waals surface area (Å²) in [6.45, 7) is 0.660. The van der Waals surface area contributed by atoms with Gasteiger partial charge in [-0.2, -0.15) is 0 Å². The van der Waals surface area contributed by atoms with Gasteiger partial charge in [0.15, 0.2) is 5.78 Å². The second-order valence-electron chi connectivity index (χ2n) is 6.88. The van der Waals surface area contributed by atoms with Gasteiger partial charge in [0.25, 0.3) is 0 Å². The number of ketones is 1. The maximum atomic E-state index is 13.1. The first-order valence-corrected chi connectivity index (χ1v) is 9.96. The van der Waals surface area contributed by atoms with Crippen molar-refractivity contribution in [1.29, 1.82) is 0 Å². The Morgan fingerprint density at radius 1 is 1.35 bits per heavy atom. The molecule has 0 saturated carbocycles. The lowest BCUT2D eigenvalue weighted by Crippen LogP contribution is -2.50. The zero-order valence-electron chi connectivity index (χ0n) is 14.3. The Balaban J connectivity index is 1.50. The first-order valence-electron chi connectivity index (χ1n) is 8.81. The molecule has 2 heterocycles. The molecule has 1 unspecified atom stereocenters. The molecule has 3 atom stereocenters. The lowest BCUT2D eigenvalue weighted by atomic mass is 9.89. The van der Waals surface area contributed by atoms with E-state index in [1.54, 1.807) is 16.7 Å². The topological polar surface area (TPSA) is 82.0 Å². The summed E-state index contributed by atoms with van der Waals surface area (Å²) in [5.74, 6) is 0.931. The Labute approximate surface area is 156 Å². The van der Waals surface area contributed by atoms with Crippen LogP contribution in [0.2, 0.25) is 0 Å². The molecular formula is C19H21N3O3S. The highest BCUT2D eigenvalue weighted by molar-refractivity contribution is 7.99. The van der Waals surface area contributed by atoms with Gasteiger partial charge in [-0.15, -0.1) is 11.8 Å². The van der Waals surface area contributed by atoms with E-state index in [4.69, 9.17) is 5.21 Å². The van der Waals surface area contributed by atoms with Crippen molar-refractivity contribution in [1.82, 2.24) is 10.2 Å². The van der Waals surface area contributed by atoms with Gasteiger partial charge in [-0.05, 0) is 30.2 Å². The van der Waals surface area contributed by atoms with E-state index in [0.717, 1.165) is 11.1 Å². The maximum Gasteiger partial charge on any atom is 0.241 e. The highest BCUT2D eigenvalue weighted by atomic mass is 32.2. The molecular weight excluding hydrogens is 350 g/mol. The van der Waals surface area contributed by atoms with Crippen molar-refractivity contribution < 1.29 is 14.8 Å². The van der Waals surface area contributed by atoms with Crippen molar-refractivity contribution in [2.45, 2.75) is 24.9 Å². The third-order valence-corrected chi connectivity index (χ3v) is 6.39. The van der Waals surface area contributed by atoms with E-state index in [2.05, 4.69) is 10.5 Å². The van der Waals surface area contributed by atoms with Crippen LogP contribution in [0.15, 0.2) is 35.0 Å². The normalized spacial score (nSPS) is 27.8. The third-order valence-electron chi connectivity index (χ3n) is 5.35. The first kappa shape index (κ1) is 17.3. The molecule has 2 fully saturated rings. The van der Waals surface area contributed by atoms with E-state index >= 15 is 0 Å². The van der Waals surface area contributed by atoms with Crippen molar-refractivity contribution in [2.24, 2.45) is 11.1 Å². The predicted octanol–water partition coefficient (Wildman–Crippen LogP) is 1.53. The molecule has 26 heavy (non-hydrogen) atoms. The summed E-state index contributed by atoms with van der Waals surface area (Å²) >= 11 is 1.62. The number of amides is 1. The fourth-order valence-corrected chi connectivity index (χ4v) is 5.11. The number of hydrogen-bond acceptors (Lipinski definition) is 6. The summed E-state index contributed by atoms with van der Waals surface area (Å²) in [4.78, 5) is 27.8. The van der Waals surface area contributed by atoms with Crippen LogP contribution in [0.5, 0.6) is 0 Å². The fraction of sp³-hybridized carbons (Fsp3) is 0.421. The zero-order valence-corrected chi connectivity index (χ0v) is 15.1. The van der Waals surface area contributed by atoms with Gasteiger partial charge in [-0.3, -0.25) is 9.59 Å². The average molecular weight is 371 g/mol. The summed E-state index contributed by atoms with van der Waals surface area (Å²) in [5, 5.41) is 15.1. The number of fused-ring (bicyclic) bond motifs is 1. The molecule has 1 amide bonds. The molecule has 1 aromatic carbocycles. The number of thioether (sulfide) groups is 1. The Morgan fingerprint density at radius 2 is 2.19 bits per heavy atom. The molecule has 2 N–H and O–H groups in total. The molecule has 7 heteroatoms.